The van der Waals surface area contributed by atoms with Crippen LogP contribution in [0.3, 0.4) is 0 Å². The molecule has 6 aliphatic carbocycles. The molecule has 32 heavy (non-hydrogen) atoms. The van der Waals surface area contributed by atoms with E-state index in [1.807, 2.05) is 27.7 Å². The van der Waals surface area contributed by atoms with Crippen molar-refractivity contribution in [2.24, 2.45) is 45.7 Å². The number of allylic oxidation sites excluding steroid dienone is 3. The molecule has 0 heterocycles. The number of hydrogen-bond donors (Lipinski definition) is 2. The van der Waals surface area contributed by atoms with Crippen molar-refractivity contribution >= 4 is 0 Å². The Hall–Kier alpha value is -1.11. The Kier molecular flexibility index (Phi) is 5.79. The third kappa shape index (κ3) is 2.39. The number of nitriles is 1. The first-order valence-electron chi connectivity index (χ1n) is 13.6. The molecule has 0 bridgehead atoms. The molecule has 0 saturated heterocycles. The van der Waals surface area contributed by atoms with E-state index in [0.717, 1.165) is 30.3 Å². The largest absolute Gasteiger partial charge is 0.324 e. The fraction of sp³-hybridized carbons (Fsp3) is 0.828. The second-order valence-electron chi connectivity index (χ2n) is 11.5. The maximum atomic E-state index is 9.81. The molecule has 178 valence electrons. The lowest BCUT2D eigenvalue weighted by Crippen LogP contribution is -2.66. The monoisotopic (exact) mass is 437 g/mol. The summed E-state index contributed by atoms with van der Waals surface area (Å²) < 4.78 is 0. The average Bonchev–Trinajstić information content (AvgIpc) is 3.19. The summed E-state index contributed by atoms with van der Waals surface area (Å²) in [5, 5.41) is 13.4. The molecule has 6 rings (SSSR count). The number of hydrogen-bond acceptors (Lipinski definition) is 3. The lowest BCUT2D eigenvalue weighted by Gasteiger charge is -2.61. The van der Waals surface area contributed by atoms with Crippen molar-refractivity contribution < 1.29 is 0 Å². The average molecular weight is 438 g/mol. The van der Waals surface area contributed by atoms with Crippen LogP contribution in [0.4, 0.5) is 0 Å². The number of nitrogens with two attached hydrogens (primary N) is 1. The van der Waals surface area contributed by atoms with E-state index in [9.17, 15) is 5.26 Å². The highest BCUT2D eigenvalue weighted by molar-refractivity contribution is 5.58. The van der Waals surface area contributed by atoms with Crippen molar-refractivity contribution in [1.29, 1.82) is 5.26 Å². The molecule has 3 heteroatoms. The molecule has 3 N–H and O–H groups in total. The molecule has 0 aromatic heterocycles. The second-order valence-corrected chi connectivity index (χ2v) is 11.5. The van der Waals surface area contributed by atoms with Crippen molar-refractivity contribution in [3.8, 4) is 6.07 Å². The molecule has 5 fully saturated rings. The van der Waals surface area contributed by atoms with Crippen molar-refractivity contribution in [3.63, 3.8) is 0 Å². The van der Waals surface area contributed by atoms with Crippen LogP contribution < -0.4 is 11.1 Å². The van der Waals surface area contributed by atoms with Crippen LogP contribution in [0.15, 0.2) is 23.3 Å². The molecule has 9 atom stereocenters. The predicted molar refractivity (Wildman–Crippen MR) is 134 cm³/mol. The van der Waals surface area contributed by atoms with Crippen LogP contribution in [-0.4, -0.2) is 18.6 Å². The maximum Gasteiger partial charge on any atom is 0.0950 e. The third-order valence-electron chi connectivity index (χ3n) is 11.5. The van der Waals surface area contributed by atoms with Crippen molar-refractivity contribution in [2.45, 2.75) is 104 Å². The minimum Gasteiger partial charge on any atom is -0.324 e. The fourth-order valence-electron chi connectivity index (χ4n) is 10.7. The van der Waals surface area contributed by atoms with Gasteiger partial charge >= 0.3 is 0 Å². The molecular weight excluding hydrogens is 390 g/mol. The van der Waals surface area contributed by atoms with E-state index >= 15 is 0 Å². The van der Waals surface area contributed by atoms with Gasteiger partial charge in [-0.05, 0) is 111 Å². The molecule has 0 aromatic carbocycles. The van der Waals surface area contributed by atoms with E-state index in [2.05, 4.69) is 38.9 Å². The summed E-state index contributed by atoms with van der Waals surface area (Å²) in [6, 6.07) is 3.03. The molecular formula is C29H47N3. The summed E-state index contributed by atoms with van der Waals surface area (Å²) in [5.41, 5.74) is 12.0. The van der Waals surface area contributed by atoms with Crippen LogP contribution in [0.5, 0.6) is 0 Å². The van der Waals surface area contributed by atoms with Crippen LogP contribution in [0.1, 0.15) is 92.9 Å². The normalized spacial score (nSPS) is 51.6. The maximum absolute atomic E-state index is 9.81. The van der Waals surface area contributed by atoms with E-state index in [4.69, 9.17) is 5.73 Å². The van der Waals surface area contributed by atoms with Gasteiger partial charge < -0.3 is 11.1 Å². The Bertz CT molecular complexity index is 862. The highest BCUT2D eigenvalue weighted by atomic mass is 15.0. The van der Waals surface area contributed by atoms with Gasteiger partial charge in [0, 0.05) is 22.6 Å². The van der Waals surface area contributed by atoms with Gasteiger partial charge in [0.2, 0.25) is 0 Å². The summed E-state index contributed by atoms with van der Waals surface area (Å²) in [5.74, 6) is 2.94. The fourth-order valence-corrected chi connectivity index (χ4v) is 10.7. The van der Waals surface area contributed by atoms with Gasteiger partial charge in [-0.25, -0.2) is 0 Å². The Morgan fingerprint density at radius 1 is 1.03 bits per heavy atom. The molecule has 0 aliphatic heterocycles. The number of likely N-dealkylation sites (N-methyl/N-ethyl adjacent to an activating group) is 1. The third-order valence-corrected chi connectivity index (χ3v) is 11.5. The molecule has 0 amide bonds. The summed E-state index contributed by atoms with van der Waals surface area (Å²) in [6.45, 7) is 17.2. The van der Waals surface area contributed by atoms with Crippen LogP contribution in [0.2, 0.25) is 0 Å². The summed E-state index contributed by atoms with van der Waals surface area (Å²) in [4.78, 5) is 0. The van der Waals surface area contributed by atoms with Crippen LogP contribution in [0.25, 0.3) is 0 Å². The summed E-state index contributed by atoms with van der Waals surface area (Å²) in [6.07, 6.45) is 10.0. The highest BCUT2D eigenvalue weighted by Crippen LogP contribution is 2.89. The molecule has 5 saturated carbocycles. The SMILES string of the molecule is C=C1CC23CCC45C(CCC6C(C)(N)C(NC)CCC64C5C)C2CC(C#N)=C13.CC.CC. The number of nitrogens with zero attached hydrogens (tertiary/aromatic N) is 1. The van der Waals surface area contributed by atoms with Gasteiger partial charge in [-0.1, -0.05) is 41.2 Å². The van der Waals surface area contributed by atoms with E-state index in [1.54, 1.807) is 0 Å². The van der Waals surface area contributed by atoms with Gasteiger partial charge in [-0.3, -0.25) is 0 Å². The van der Waals surface area contributed by atoms with E-state index in [-0.39, 0.29) is 5.54 Å². The lowest BCUT2D eigenvalue weighted by molar-refractivity contribution is -0.0799. The highest BCUT2D eigenvalue weighted by Gasteiger charge is 2.85. The van der Waals surface area contributed by atoms with Crippen molar-refractivity contribution in [3.05, 3.63) is 23.3 Å². The number of rotatable bonds is 1. The summed E-state index contributed by atoms with van der Waals surface area (Å²) in [7, 11) is 2.09. The van der Waals surface area contributed by atoms with Crippen molar-refractivity contribution in [2.75, 3.05) is 7.05 Å². The first-order valence-corrected chi connectivity index (χ1v) is 13.6. The zero-order valence-corrected chi connectivity index (χ0v) is 21.8. The van der Waals surface area contributed by atoms with Gasteiger partial charge in [0.25, 0.3) is 0 Å². The zero-order chi connectivity index (χ0) is 23.7. The van der Waals surface area contributed by atoms with E-state index in [0.29, 0.717) is 34.1 Å². The van der Waals surface area contributed by atoms with Crippen LogP contribution >= 0.6 is 0 Å². The first kappa shape index (κ1) is 24.0. The smallest absolute Gasteiger partial charge is 0.0950 e. The van der Waals surface area contributed by atoms with Crippen LogP contribution in [0, 0.1) is 51.2 Å². The second kappa shape index (κ2) is 7.71. The molecule has 6 aliphatic rings. The Morgan fingerprint density at radius 3 is 2.31 bits per heavy atom. The standard InChI is InChI=1S/C25H35N3.2C2H6/c1-14-12-23-9-10-24-15(2)25(24)8-7-20(28-4)22(3,27)19(25)6-5-17(24)18(23)11-16(13-26)21(14)23;2*1-2/h15,17-20,28H,1,5-12,27H2,2-4H3;2*1-2H3. The van der Waals surface area contributed by atoms with Gasteiger partial charge in [0.1, 0.15) is 0 Å². The predicted octanol–water partition coefficient (Wildman–Crippen LogP) is 6.37. The van der Waals surface area contributed by atoms with E-state index in [1.165, 1.54) is 49.7 Å². The Balaban J connectivity index is 0.000000582. The Labute approximate surface area is 197 Å². The minimum absolute atomic E-state index is 0.105. The molecule has 0 aromatic rings. The minimum atomic E-state index is -0.105. The van der Waals surface area contributed by atoms with Gasteiger partial charge in [0.15, 0.2) is 0 Å². The quantitative estimate of drug-likeness (QED) is 0.501. The molecule has 9 unspecified atom stereocenters. The summed E-state index contributed by atoms with van der Waals surface area (Å²) >= 11 is 0. The lowest BCUT2D eigenvalue weighted by atomic mass is 9.43. The molecule has 0 radical (unpaired) electrons. The van der Waals surface area contributed by atoms with Crippen LogP contribution in [-0.2, 0) is 0 Å². The van der Waals surface area contributed by atoms with Gasteiger partial charge in [-0.15, -0.1) is 0 Å². The van der Waals surface area contributed by atoms with Gasteiger partial charge in [-0.2, -0.15) is 5.26 Å². The molecule has 3 nitrogen and oxygen atoms in total. The zero-order valence-electron chi connectivity index (χ0n) is 21.8. The number of fused-ring (bicyclic) bond motifs is 1. The first-order chi connectivity index (χ1) is 15.3. The topological polar surface area (TPSA) is 61.8 Å². The number of nitrogens with one attached hydrogen (secondary N) is 1. The molecule has 3 spiro atoms. The van der Waals surface area contributed by atoms with Crippen molar-refractivity contribution in [1.82, 2.24) is 5.32 Å². The van der Waals surface area contributed by atoms with Gasteiger partial charge in [0.05, 0.1) is 6.07 Å². The Morgan fingerprint density at radius 2 is 1.72 bits per heavy atom. The van der Waals surface area contributed by atoms with E-state index < -0.39 is 0 Å².